The summed E-state index contributed by atoms with van der Waals surface area (Å²) in [5.41, 5.74) is 8.55. The van der Waals surface area contributed by atoms with Gasteiger partial charge in [-0.05, 0) is 77.3 Å². The van der Waals surface area contributed by atoms with Gasteiger partial charge in [0.15, 0.2) is 0 Å². The highest BCUT2D eigenvalue weighted by Crippen LogP contribution is 2.38. The van der Waals surface area contributed by atoms with Crippen LogP contribution in [0.1, 0.15) is 110 Å². The minimum atomic E-state index is -0.253. The van der Waals surface area contributed by atoms with Crippen LogP contribution >= 0.6 is 0 Å². The Morgan fingerprint density at radius 1 is 0.875 bits per heavy atom. The summed E-state index contributed by atoms with van der Waals surface area (Å²) in [6, 6.07) is 22.0. The molecule has 0 aromatic heterocycles. The van der Waals surface area contributed by atoms with Crippen molar-refractivity contribution in [3.8, 4) is 22.9 Å². The molecule has 3 rings (SSSR count). The van der Waals surface area contributed by atoms with Gasteiger partial charge in [-0.3, -0.25) is 4.99 Å². The molecule has 0 fully saturated rings. The average molecular weight is 541 g/mol. The zero-order valence-corrected chi connectivity index (χ0v) is 27.0. The average Bonchev–Trinajstić information content (AvgIpc) is 2.98. The van der Waals surface area contributed by atoms with Crippen LogP contribution in [0.3, 0.4) is 0 Å². The van der Waals surface area contributed by atoms with Crippen LogP contribution in [-0.2, 0) is 18.3 Å². The van der Waals surface area contributed by atoms with Gasteiger partial charge in [0.2, 0.25) is 0 Å². The third-order valence-electron chi connectivity index (χ3n) is 6.76. The number of benzene rings is 3. The molecule has 0 atom stereocenters. The van der Waals surface area contributed by atoms with Crippen LogP contribution in [-0.4, -0.2) is 12.8 Å². The Balaban J connectivity index is 0.00000191. The van der Waals surface area contributed by atoms with E-state index in [-0.39, 0.29) is 5.41 Å². The molecule has 3 heteroatoms. The van der Waals surface area contributed by atoms with E-state index in [1.54, 1.807) is 0 Å². The number of nitriles is 1. The maximum Gasteiger partial charge on any atom is 0.140 e. The molecule has 0 bridgehead atoms. The predicted octanol–water partition coefficient (Wildman–Crippen LogP) is 10.9. The van der Waals surface area contributed by atoms with Crippen molar-refractivity contribution < 1.29 is 4.74 Å². The van der Waals surface area contributed by atoms with Crippen molar-refractivity contribution in [3.63, 3.8) is 0 Å². The molecule has 0 radical (unpaired) electrons. The van der Waals surface area contributed by atoms with E-state index in [0.29, 0.717) is 18.1 Å². The summed E-state index contributed by atoms with van der Waals surface area (Å²) in [5.74, 6) is 1.16. The Hall–Kier alpha value is -3.38. The largest absolute Gasteiger partial charge is 0.492 e. The normalized spacial score (nSPS) is 10.9. The van der Waals surface area contributed by atoms with E-state index in [1.165, 1.54) is 22.3 Å². The van der Waals surface area contributed by atoms with Crippen LogP contribution in [0.4, 0.5) is 5.69 Å². The fourth-order valence-corrected chi connectivity index (χ4v) is 4.57. The Morgan fingerprint density at radius 2 is 1.50 bits per heavy atom. The third kappa shape index (κ3) is 8.82. The molecule has 3 nitrogen and oxygen atoms in total. The van der Waals surface area contributed by atoms with Crippen LogP contribution in [0.25, 0.3) is 11.1 Å². The van der Waals surface area contributed by atoms with Crippen LogP contribution in [0, 0.1) is 17.2 Å². The second-order valence-electron chi connectivity index (χ2n) is 10.4. The first-order valence-corrected chi connectivity index (χ1v) is 15.2. The van der Waals surface area contributed by atoms with Crippen molar-refractivity contribution in [3.05, 3.63) is 82.4 Å². The number of aliphatic imine (C=N–C) groups is 1. The zero-order valence-electron chi connectivity index (χ0n) is 27.0. The monoisotopic (exact) mass is 540 g/mol. The molecule has 0 N–H and O–H groups in total. The summed E-state index contributed by atoms with van der Waals surface area (Å²) in [6.45, 7) is 23.6. The highest BCUT2D eigenvalue weighted by atomic mass is 16.5. The minimum Gasteiger partial charge on any atom is -0.492 e. The van der Waals surface area contributed by atoms with Gasteiger partial charge >= 0.3 is 0 Å². The van der Waals surface area contributed by atoms with Gasteiger partial charge in [0.25, 0.3) is 0 Å². The molecule has 0 aliphatic carbocycles. The quantitative estimate of drug-likeness (QED) is 0.240. The van der Waals surface area contributed by atoms with Crippen LogP contribution in [0.5, 0.6) is 5.75 Å². The molecule has 0 aliphatic rings. The number of nitrogens with zero attached hydrogens (tertiary/aromatic N) is 2. The van der Waals surface area contributed by atoms with Gasteiger partial charge in [-0.2, -0.15) is 5.26 Å². The maximum atomic E-state index is 9.96. The summed E-state index contributed by atoms with van der Waals surface area (Å²) in [4.78, 5) is 4.50. The molecule has 3 aromatic carbocycles. The van der Waals surface area contributed by atoms with Crippen LogP contribution in [0.2, 0.25) is 0 Å². The minimum absolute atomic E-state index is 0.253. The summed E-state index contributed by atoms with van der Waals surface area (Å²) in [6.07, 6.45) is 4.69. The first-order valence-electron chi connectivity index (χ1n) is 15.2. The molecule has 0 saturated heterocycles. The predicted molar refractivity (Wildman–Crippen MR) is 175 cm³/mol. The van der Waals surface area contributed by atoms with Gasteiger partial charge in [0.05, 0.1) is 17.9 Å². The first-order chi connectivity index (χ1) is 19.2. The maximum absolute atomic E-state index is 9.96. The SMILES string of the molecule is CC.CC.CC=Nc1ccc(-c2ccc(C(C)(C)c3cc(C#N)c(OCC(C)C)c(CCC)c3)cc2)cc1CC. The second kappa shape index (κ2) is 17.3. The molecular formula is C37H52N2O. The van der Waals surface area contributed by atoms with E-state index in [1.807, 2.05) is 46.9 Å². The van der Waals surface area contributed by atoms with Crippen molar-refractivity contribution >= 4 is 11.9 Å². The molecule has 0 spiro atoms. The Morgan fingerprint density at radius 3 is 2.02 bits per heavy atom. The third-order valence-corrected chi connectivity index (χ3v) is 6.76. The van der Waals surface area contributed by atoms with E-state index in [9.17, 15) is 5.26 Å². The Bertz CT molecular complexity index is 1240. The summed E-state index contributed by atoms with van der Waals surface area (Å²) < 4.78 is 6.12. The van der Waals surface area contributed by atoms with Gasteiger partial charge < -0.3 is 4.74 Å². The summed E-state index contributed by atoms with van der Waals surface area (Å²) in [7, 11) is 0. The highest BCUT2D eigenvalue weighted by Gasteiger charge is 2.26. The standard InChI is InChI=1S/C33H40N2O.2C2H6/c1-8-11-27-19-30(20-28(21-34)32(27)36-22-23(4)5)33(6,7)29-15-12-25(13-16-29)26-14-17-31(35-10-3)24(9-2)18-26;2*1-2/h10,12-20,23H,8-9,11,22H2,1-7H3;2*1-2H3. The second-order valence-corrected chi connectivity index (χ2v) is 10.4. The molecule has 0 amide bonds. The van der Waals surface area contributed by atoms with Gasteiger partial charge in [0, 0.05) is 11.6 Å². The van der Waals surface area contributed by atoms with Crippen LogP contribution in [0.15, 0.2) is 59.6 Å². The molecule has 3 aromatic rings. The molecule has 0 saturated carbocycles. The van der Waals surface area contributed by atoms with Crippen molar-refractivity contribution in [2.24, 2.45) is 10.9 Å². The van der Waals surface area contributed by atoms with Gasteiger partial charge in [-0.1, -0.05) is 112 Å². The smallest absolute Gasteiger partial charge is 0.140 e. The molecule has 0 heterocycles. The van der Waals surface area contributed by atoms with Crippen molar-refractivity contribution in [2.75, 3.05) is 6.61 Å². The molecule has 0 unspecified atom stereocenters. The summed E-state index contributed by atoms with van der Waals surface area (Å²) >= 11 is 0. The lowest BCUT2D eigenvalue weighted by atomic mass is 9.76. The number of aryl methyl sites for hydroxylation is 2. The first kappa shape index (κ1) is 34.6. The van der Waals surface area contributed by atoms with Gasteiger partial charge in [-0.25, -0.2) is 0 Å². The van der Waals surface area contributed by atoms with Gasteiger partial charge in [-0.15, -0.1) is 0 Å². The number of hydrogen-bond donors (Lipinski definition) is 0. The number of hydrogen-bond acceptors (Lipinski definition) is 3. The highest BCUT2D eigenvalue weighted by molar-refractivity contribution is 5.70. The molecule has 0 aliphatic heterocycles. The van der Waals surface area contributed by atoms with E-state index in [0.717, 1.165) is 41.8 Å². The molecular weight excluding hydrogens is 488 g/mol. The summed E-state index contributed by atoms with van der Waals surface area (Å²) in [5, 5.41) is 9.96. The van der Waals surface area contributed by atoms with Crippen molar-refractivity contribution in [2.45, 2.75) is 101 Å². The van der Waals surface area contributed by atoms with E-state index in [2.05, 4.69) is 101 Å². The van der Waals surface area contributed by atoms with Crippen molar-refractivity contribution in [1.29, 1.82) is 5.26 Å². The molecule has 40 heavy (non-hydrogen) atoms. The van der Waals surface area contributed by atoms with Crippen molar-refractivity contribution in [1.82, 2.24) is 0 Å². The van der Waals surface area contributed by atoms with E-state index < -0.39 is 0 Å². The van der Waals surface area contributed by atoms with E-state index in [4.69, 9.17) is 4.74 Å². The molecule has 216 valence electrons. The van der Waals surface area contributed by atoms with Crippen LogP contribution < -0.4 is 4.74 Å². The lowest BCUT2D eigenvalue weighted by molar-refractivity contribution is 0.267. The fraction of sp³-hybridized carbons (Fsp3) is 0.459. The number of ether oxygens (including phenoxy) is 1. The van der Waals surface area contributed by atoms with E-state index >= 15 is 0 Å². The zero-order chi connectivity index (χ0) is 30.3. The lowest BCUT2D eigenvalue weighted by Gasteiger charge is -2.28. The fourth-order valence-electron chi connectivity index (χ4n) is 4.57. The Labute approximate surface area is 245 Å². The number of rotatable bonds is 10. The van der Waals surface area contributed by atoms with Gasteiger partial charge in [0.1, 0.15) is 11.8 Å². The Kier molecular flexibility index (Phi) is 15.0. The lowest BCUT2D eigenvalue weighted by Crippen LogP contribution is -2.20. The topological polar surface area (TPSA) is 45.4 Å².